The Bertz CT molecular complexity index is 245. The molecule has 0 aliphatic carbocycles. The molecule has 0 aliphatic heterocycles. The van der Waals surface area contributed by atoms with Gasteiger partial charge < -0.3 is 4.74 Å². The molecule has 1 heterocycles. The first kappa shape index (κ1) is 9.04. The molecule has 12 heavy (non-hydrogen) atoms. The van der Waals surface area contributed by atoms with Crippen molar-refractivity contribution in [2.45, 2.75) is 20.8 Å². The van der Waals surface area contributed by atoms with Crippen molar-refractivity contribution in [3.05, 3.63) is 23.9 Å². The third kappa shape index (κ3) is 2.53. The molecule has 1 rings (SSSR count). The normalized spacial score (nSPS) is 10.3. The number of rotatable bonds is 3. The largest absolute Gasteiger partial charge is 0.477 e. The van der Waals surface area contributed by atoms with E-state index in [1.165, 1.54) is 0 Å². The van der Waals surface area contributed by atoms with Crippen LogP contribution in [-0.4, -0.2) is 11.6 Å². The van der Waals surface area contributed by atoms with Gasteiger partial charge >= 0.3 is 0 Å². The zero-order valence-electron chi connectivity index (χ0n) is 7.87. The Morgan fingerprint density at radius 1 is 1.50 bits per heavy atom. The zero-order valence-corrected chi connectivity index (χ0v) is 7.87. The van der Waals surface area contributed by atoms with Crippen molar-refractivity contribution in [3.8, 4) is 5.88 Å². The first-order valence-electron chi connectivity index (χ1n) is 4.24. The van der Waals surface area contributed by atoms with Crippen LogP contribution in [0.3, 0.4) is 0 Å². The summed E-state index contributed by atoms with van der Waals surface area (Å²) in [6.45, 7) is 6.98. The lowest BCUT2D eigenvalue weighted by Gasteiger charge is -2.08. The van der Waals surface area contributed by atoms with Crippen LogP contribution in [0.15, 0.2) is 18.3 Å². The number of ether oxygens (including phenoxy) is 1. The lowest BCUT2D eigenvalue weighted by molar-refractivity contribution is 0.259. The van der Waals surface area contributed by atoms with Gasteiger partial charge in [0.15, 0.2) is 0 Å². The smallest absolute Gasteiger partial charge is 0.216 e. The SMILES string of the molecule is Cc1cccnc1OCC(C)C. The minimum absolute atomic E-state index is 0.548. The van der Waals surface area contributed by atoms with Crippen LogP contribution in [0.4, 0.5) is 0 Å². The number of pyridine rings is 1. The van der Waals surface area contributed by atoms with E-state index in [-0.39, 0.29) is 0 Å². The van der Waals surface area contributed by atoms with Crippen LogP contribution in [0, 0.1) is 12.8 Å². The van der Waals surface area contributed by atoms with Crippen molar-refractivity contribution >= 4 is 0 Å². The summed E-state index contributed by atoms with van der Waals surface area (Å²) in [6, 6.07) is 3.92. The summed E-state index contributed by atoms with van der Waals surface area (Å²) in [5, 5.41) is 0. The van der Waals surface area contributed by atoms with E-state index in [1.807, 2.05) is 19.1 Å². The summed E-state index contributed by atoms with van der Waals surface area (Å²) >= 11 is 0. The van der Waals surface area contributed by atoms with E-state index >= 15 is 0 Å². The van der Waals surface area contributed by atoms with Crippen LogP contribution in [0.2, 0.25) is 0 Å². The number of nitrogens with zero attached hydrogens (tertiary/aromatic N) is 1. The maximum atomic E-state index is 5.49. The summed E-state index contributed by atoms with van der Waals surface area (Å²) in [5.74, 6) is 1.30. The second kappa shape index (κ2) is 4.10. The van der Waals surface area contributed by atoms with E-state index in [1.54, 1.807) is 6.20 Å². The highest BCUT2D eigenvalue weighted by Crippen LogP contribution is 2.12. The molecule has 0 saturated heterocycles. The molecule has 0 N–H and O–H groups in total. The molecule has 1 aromatic heterocycles. The molecule has 66 valence electrons. The second-order valence-electron chi connectivity index (χ2n) is 3.33. The van der Waals surface area contributed by atoms with Crippen molar-refractivity contribution in [1.82, 2.24) is 4.98 Å². The highest BCUT2D eigenvalue weighted by Gasteiger charge is 2.00. The fourth-order valence-corrected chi connectivity index (χ4v) is 0.868. The zero-order chi connectivity index (χ0) is 8.97. The Morgan fingerprint density at radius 3 is 2.83 bits per heavy atom. The van der Waals surface area contributed by atoms with E-state index in [0.29, 0.717) is 5.92 Å². The van der Waals surface area contributed by atoms with Crippen molar-refractivity contribution in [2.75, 3.05) is 6.61 Å². The number of aromatic nitrogens is 1. The van der Waals surface area contributed by atoms with Crippen molar-refractivity contribution in [1.29, 1.82) is 0 Å². The summed E-state index contributed by atoms with van der Waals surface area (Å²) in [7, 11) is 0. The predicted molar refractivity (Wildman–Crippen MR) is 49.3 cm³/mol. The summed E-state index contributed by atoms with van der Waals surface area (Å²) in [5.41, 5.74) is 1.10. The first-order valence-corrected chi connectivity index (χ1v) is 4.24. The lowest BCUT2D eigenvalue weighted by Crippen LogP contribution is -2.06. The average molecular weight is 165 g/mol. The van der Waals surface area contributed by atoms with Gasteiger partial charge in [-0.3, -0.25) is 0 Å². The van der Waals surface area contributed by atoms with Crippen molar-refractivity contribution in [3.63, 3.8) is 0 Å². The van der Waals surface area contributed by atoms with Gasteiger partial charge in [0.25, 0.3) is 0 Å². The van der Waals surface area contributed by atoms with Crippen LogP contribution in [-0.2, 0) is 0 Å². The minimum atomic E-state index is 0.548. The van der Waals surface area contributed by atoms with E-state index in [0.717, 1.165) is 18.1 Å². The van der Waals surface area contributed by atoms with E-state index in [2.05, 4.69) is 18.8 Å². The molecule has 2 nitrogen and oxygen atoms in total. The molecule has 0 spiro atoms. The topological polar surface area (TPSA) is 22.1 Å². The fourth-order valence-electron chi connectivity index (χ4n) is 0.868. The quantitative estimate of drug-likeness (QED) is 0.686. The molecule has 0 bridgehead atoms. The molecule has 0 saturated carbocycles. The van der Waals surface area contributed by atoms with Gasteiger partial charge in [0.1, 0.15) is 0 Å². The second-order valence-corrected chi connectivity index (χ2v) is 3.33. The van der Waals surface area contributed by atoms with Crippen LogP contribution >= 0.6 is 0 Å². The Balaban J connectivity index is 2.57. The molecule has 0 atom stereocenters. The van der Waals surface area contributed by atoms with Crippen LogP contribution in [0.25, 0.3) is 0 Å². The van der Waals surface area contributed by atoms with Gasteiger partial charge in [0.2, 0.25) is 5.88 Å². The first-order chi connectivity index (χ1) is 5.70. The van der Waals surface area contributed by atoms with Gasteiger partial charge in [-0.05, 0) is 18.9 Å². The maximum absolute atomic E-state index is 5.49. The van der Waals surface area contributed by atoms with Gasteiger partial charge in [0.05, 0.1) is 6.61 Å². The lowest BCUT2D eigenvalue weighted by atomic mass is 10.2. The Hall–Kier alpha value is -1.05. The molecule has 0 aliphatic rings. The highest BCUT2D eigenvalue weighted by molar-refractivity contribution is 5.23. The van der Waals surface area contributed by atoms with Gasteiger partial charge in [0, 0.05) is 11.8 Å². The van der Waals surface area contributed by atoms with Crippen LogP contribution < -0.4 is 4.74 Å². The Morgan fingerprint density at radius 2 is 2.25 bits per heavy atom. The third-order valence-electron chi connectivity index (χ3n) is 1.51. The van der Waals surface area contributed by atoms with Crippen LogP contribution in [0.1, 0.15) is 19.4 Å². The molecule has 0 radical (unpaired) electrons. The molecule has 0 amide bonds. The van der Waals surface area contributed by atoms with Crippen molar-refractivity contribution in [2.24, 2.45) is 5.92 Å². The monoisotopic (exact) mass is 165 g/mol. The summed E-state index contributed by atoms with van der Waals surface area (Å²) < 4.78 is 5.49. The maximum Gasteiger partial charge on any atom is 0.216 e. The van der Waals surface area contributed by atoms with Gasteiger partial charge in [-0.25, -0.2) is 4.98 Å². The Labute approximate surface area is 73.6 Å². The van der Waals surface area contributed by atoms with Gasteiger partial charge in [-0.15, -0.1) is 0 Å². The molecular weight excluding hydrogens is 150 g/mol. The van der Waals surface area contributed by atoms with E-state index in [4.69, 9.17) is 4.74 Å². The van der Waals surface area contributed by atoms with E-state index < -0.39 is 0 Å². The highest BCUT2D eigenvalue weighted by atomic mass is 16.5. The minimum Gasteiger partial charge on any atom is -0.477 e. The summed E-state index contributed by atoms with van der Waals surface area (Å²) in [4.78, 5) is 4.13. The molecule has 0 aromatic carbocycles. The average Bonchev–Trinajstić information content (AvgIpc) is 2.03. The summed E-state index contributed by atoms with van der Waals surface area (Å²) in [6.07, 6.45) is 1.75. The molecule has 2 heteroatoms. The third-order valence-corrected chi connectivity index (χ3v) is 1.51. The van der Waals surface area contributed by atoms with E-state index in [9.17, 15) is 0 Å². The van der Waals surface area contributed by atoms with Crippen molar-refractivity contribution < 1.29 is 4.74 Å². The van der Waals surface area contributed by atoms with Crippen LogP contribution in [0.5, 0.6) is 5.88 Å². The standard InChI is InChI=1S/C10H15NO/c1-8(2)7-12-10-9(3)5-4-6-11-10/h4-6,8H,7H2,1-3H3. The Kier molecular flexibility index (Phi) is 3.09. The fraction of sp³-hybridized carbons (Fsp3) is 0.500. The van der Waals surface area contributed by atoms with Gasteiger partial charge in [-0.2, -0.15) is 0 Å². The number of hydrogen-bond acceptors (Lipinski definition) is 2. The molecule has 1 aromatic rings. The number of hydrogen-bond donors (Lipinski definition) is 0. The van der Waals surface area contributed by atoms with Gasteiger partial charge in [-0.1, -0.05) is 19.9 Å². The predicted octanol–water partition coefficient (Wildman–Crippen LogP) is 2.42. The molecule has 0 fully saturated rings. The molecule has 0 unspecified atom stereocenters. The molecular formula is C10H15NO. The number of aryl methyl sites for hydroxylation is 1.